The number of halogens is 1. The summed E-state index contributed by atoms with van der Waals surface area (Å²) >= 11 is 0. The van der Waals surface area contributed by atoms with E-state index in [9.17, 15) is 0 Å². The highest BCUT2D eigenvalue weighted by Crippen LogP contribution is 2.21. The smallest absolute Gasteiger partial charge is 0.0593 e. The Labute approximate surface area is 99.7 Å². The maximum absolute atomic E-state index is 5.78. The fraction of sp³-hybridized carbons (Fsp3) is 1.00. The molecule has 1 rings (SSSR count). The van der Waals surface area contributed by atoms with E-state index in [1.54, 1.807) is 0 Å². The zero-order chi connectivity index (χ0) is 10.4. The number of likely N-dealkylation sites (tertiary alicyclic amines) is 1. The van der Waals surface area contributed by atoms with Crippen molar-refractivity contribution in [2.75, 3.05) is 32.8 Å². The zero-order valence-corrected chi connectivity index (χ0v) is 10.8. The molecule has 0 aromatic rings. The van der Waals surface area contributed by atoms with Gasteiger partial charge in [-0.25, -0.2) is 0 Å². The first-order valence-corrected chi connectivity index (χ1v) is 5.79. The Morgan fingerprint density at radius 3 is 2.80 bits per heavy atom. The maximum atomic E-state index is 5.78. The van der Waals surface area contributed by atoms with Gasteiger partial charge in [0.05, 0.1) is 6.61 Å². The molecule has 0 spiro atoms. The summed E-state index contributed by atoms with van der Waals surface area (Å²) in [5.41, 5.74) is 5.78. The van der Waals surface area contributed by atoms with Gasteiger partial charge in [0.1, 0.15) is 0 Å². The van der Waals surface area contributed by atoms with E-state index in [1.165, 1.54) is 19.4 Å². The second-order valence-electron chi connectivity index (χ2n) is 4.25. The third-order valence-electron chi connectivity index (χ3n) is 3.10. The lowest BCUT2D eigenvalue weighted by Gasteiger charge is -2.37. The zero-order valence-electron chi connectivity index (χ0n) is 9.95. The Balaban J connectivity index is 0.00000196. The normalized spacial score (nSPS) is 27.4. The molecule has 0 saturated carbocycles. The van der Waals surface area contributed by atoms with Crippen LogP contribution < -0.4 is 5.73 Å². The third-order valence-corrected chi connectivity index (χ3v) is 3.10. The summed E-state index contributed by atoms with van der Waals surface area (Å²) in [5.74, 6) is 0.840. The minimum atomic E-state index is 0. The van der Waals surface area contributed by atoms with Gasteiger partial charge in [-0.3, -0.25) is 4.90 Å². The molecule has 0 aromatic heterocycles. The van der Waals surface area contributed by atoms with Gasteiger partial charge in [0.15, 0.2) is 0 Å². The van der Waals surface area contributed by atoms with Crippen LogP contribution in [0.2, 0.25) is 0 Å². The van der Waals surface area contributed by atoms with Crippen molar-refractivity contribution in [1.82, 2.24) is 4.90 Å². The fourth-order valence-electron chi connectivity index (χ4n) is 2.17. The Bertz CT molecular complexity index is 158. The highest BCUT2D eigenvalue weighted by atomic mass is 35.5. The van der Waals surface area contributed by atoms with Crippen molar-refractivity contribution in [3.63, 3.8) is 0 Å². The van der Waals surface area contributed by atoms with Gasteiger partial charge in [0.2, 0.25) is 0 Å². The molecular weight excluding hydrogens is 212 g/mol. The Hall–Kier alpha value is 0.170. The SMILES string of the molecule is CCOCCN1CCC(C)CC1CN.Cl. The first kappa shape index (κ1) is 15.2. The number of nitrogens with two attached hydrogens (primary N) is 1. The minimum absolute atomic E-state index is 0. The summed E-state index contributed by atoms with van der Waals surface area (Å²) in [7, 11) is 0. The number of rotatable bonds is 5. The lowest BCUT2D eigenvalue weighted by Crippen LogP contribution is -2.47. The monoisotopic (exact) mass is 236 g/mol. The molecular formula is C11H25ClN2O. The number of hydrogen-bond donors (Lipinski definition) is 1. The van der Waals surface area contributed by atoms with E-state index in [1.807, 2.05) is 6.92 Å². The standard InChI is InChI=1S/C11H24N2O.ClH/c1-3-14-7-6-13-5-4-10(2)8-11(13)9-12;/h10-11H,3-9,12H2,1-2H3;1H. The molecule has 1 saturated heterocycles. The van der Waals surface area contributed by atoms with Crippen LogP contribution in [0.25, 0.3) is 0 Å². The second kappa shape index (κ2) is 8.34. The molecule has 92 valence electrons. The van der Waals surface area contributed by atoms with Crippen molar-refractivity contribution >= 4 is 12.4 Å². The van der Waals surface area contributed by atoms with Gasteiger partial charge in [0.25, 0.3) is 0 Å². The summed E-state index contributed by atoms with van der Waals surface area (Å²) in [6.07, 6.45) is 2.56. The molecule has 0 radical (unpaired) electrons. The third kappa shape index (κ3) is 5.16. The predicted molar refractivity (Wildman–Crippen MR) is 66.6 cm³/mol. The van der Waals surface area contributed by atoms with Crippen LogP contribution in [0.15, 0.2) is 0 Å². The summed E-state index contributed by atoms with van der Waals surface area (Å²) in [6, 6.07) is 0.583. The van der Waals surface area contributed by atoms with Gasteiger partial charge in [-0.1, -0.05) is 6.92 Å². The van der Waals surface area contributed by atoms with Gasteiger partial charge in [-0.05, 0) is 32.2 Å². The van der Waals surface area contributed by atoms with Crippen molar-refractivity contribution in [2.24, 2.45) is 11.7 Å². The van der Waals surface area contributed by atoms with Crippen LogP contribution in [0.1, 0.15) is 26.7 Å². The van der Waals surface area contributed by atoms with E-state index in [-0.39, 0.29) is 12.4 Å². The summed E-state index contributed by atoms with van der Waals surface area (Å²) in [4.78, 5) is 2.48. The number of ether oxygens (including phenoxy) is 1. The van der Waals surface area contributed by atoms with Crippen molar-refractivity contribution in [1.29, 1.82) is 0 Å². The Morgan fingerprint density at radius 2 is 2.20 bits per heavy atom. The highest BCUT2D eigenvalue weighted by Gasteiger charge is 2.24. The van der Waals surface area contributed by atoms with Crippen LogP contribution in [0.5, 0.6) is 0 Å². The van der Waals surface area contributed by atoms with Crippen LogP contribution in [0, 0.1) is 5.92 Å². The van der Waals surface area contributed by atoms with Crippen molar-refractivity contribution in [2.45, 2.75) is 32.7 Å². The molecule has 1 heterocycles. The van der Waals surface area contributed by atoms with Crippen LogP contribution in [-0.2, 0) is 4.74 Å². The predicted octanol–water partition coefficient (Wildman–Crippen LogP) is 1.50. The number of hydrogen-bond acceptors (Lipinski definition) is 3. The molecule has 1 aliphatic rings. The Kier molecular flexibility index (Phi) is 8.43. The average molecular weight is 237 g/mol. The quantitative estimate of drug-likeness (QED) is 0.736. The second-order valence-corrected chi connectivity index (χ2v) is 4.25. The molecule has 3 nitrogen and oxygen atoms in total. The summed E-state index contributed by atoms with van der Waals surface area (Å²) in [6.45, 7) is 9.05. The lowest BCUT2D eigenvalue weighted by atomic mass is 9.92. The van der Waals surface area contributed by atoms with Crippen molar-refractivity contribution in [3.05, 3.63) is 0 Å². The largest absolute Gasteiger partial charge is 0.380 e. The minimum Gasteiger partial charge on any atom is -0.380 e. The van der Waals surface area contributed by atoms with E-state index in [0.717, 1.165) is 32.2 Å². The molecule has 0 aliphatic carbocycles. The molecule has 0 bridgehead atoms. The van der Waals surface area contributed by atoms with Crippen molar-refractivity contribution in [3.8, 4) is 0 Å². The molecule has 2 atom stereocenters. The highest BCUT2D eigenvalue weighted by molar-refractivity contribution is 5.85. The first-order valence-electron chi connectivity index (χ1n) is 5.79. The van der Waals surface area contributed by atoms with Gasteiger partial charge in [-0.15, -0.1) is 12.4 Å². The van der Waals surface area contributed by atoms with Crippen molar-refractivity contribution < 1.29 is 4.74 Å². The maximum Gasteiger partial charge on any atom is 0.0593 e. The van der Waals surface area contributed by atoms with E-state index < -0.39 is 0 Å². The van der Waals surface area contributed by atoms with E-state index >= 15 is 0 Å². The van der Waals surface area contributed by atoms with Gasteiger partial charge >= 0.3 is 0 Å². The molecule has 1 fully saturated rings. The molecule has 2 unspecified atom stereocenters. The summed E-state index contributed by atoms with van der Waals surface area (Å²) < 4.78 is 5.37. The number of piperidine rings is 1. The van der Waals surface area contributed by atoms with Gasteiger partial charge in [0, 0.05) is 25.7 Å². The molecule has 0 amide bonds. The van der Waals surface area contributed by atoms with E-state index in [0.29, 0.717) is 6.04 Å². The van der Waals surface area contributed by atoms with Crippen LogP contribution in [0.3, 0.4) is 0 Å². The van der Waals surface area contributed by atoms with Crippen LogP contribution >= 0.6 is 12.4 Å². The van der Waals surface area contributed by atoms with Gasteiger partial charge < -0.3 is 10.5 Å². The topological polar surface area (TPSA) is 38.5 Å². The van der Waals surface area contributed by atoms with Gasteiger partial charge in [-0.2, -0.15) is 0 Å². The molecule has 0 aromatic carbocycles. The lowest BCUT2D eigenvalue weighted by molar-refractivity contribution is 0.0675. The summed E-state index contributed by atoms with van der Waals surface area (Å²) in [5, 5.41) is 0. The fourth-order valence-corrected chi connectivity index (χ4v) is 2.17. The average Bonchev–Trinajstić information content (AvgIpc) is 2.20. The number of nitrogens with zero attached hydrogens (tertiary/aromatic N) is 1. The van der Waals surface area contributed by atoms with E-state index in [2.05, 4.69) is 11.8 Å². The van der Waals surface area contributed by atoms with Crippen LogP contribution in [0.4, 0.5) is 0 Å². The first-order chi connectivity index (χ1) is 6.77. The molecule has 15 heavy (non-hydrogen) atoms. The van der Waals surface area contributed by atoms with E-state index in [4.69, 9.17) is 10.5 Å². The molecule has 2 N–H and O–H groups in total. The molecule has 4 heteroatoms. The Morgan fingerprint density at radius 1 is 1.47 bits per heavy atom. The molecule has 1 aliphatic heterocycles. The van der Waals surface area contributed by atoms with Crippen LogP contribution in [-0.4, -0.2) is 43.8 Å².